The number of fused-ring (bicyclic) bond motifs is 1. The van der Waals surface area contributed by atoms with Crippen LogP contribution in [0, 0.1) is 5.82 Å². The van der Waals surface area contributed by atoms with E-state index in [1.807, 2.05) is 4.90 Å². The van der Waals surface area contributed by atoms with Crippen molar-refractivity contribution < 1.29 is 39.1 Å². The number of ether oxygens (including phenoxy) is 1. The van der Waals surface area contributed by atoms with Gasteiger partial charge in [0.2, 0.25) is 5.91 Å². The second-order valence-corrected chi connectivity index (χ2v) is 10.7. The van der Waals surface area contributed by atoms with Crippen LogP contribution in [0.15, 0.2) is 48.2 Å². The molecular weight excluding hydrogens is 549 g/mol. The number of halogens is 1. The molecule has 5 rings (SSSR count). The summed E-state index contributed by atoms with van der Waals surface area (Å²) in [4.78, 5) is 26.7. The predicted octanol–water partition coefficient (Wildman–Crippen LogP) is 1.23. The third-order valence-corrected chi connectivity index (χ3v) is 7.53. The standard InChI is InChI=1S/C29H36FN5O7/c1-16(36)33-12-20-14-35(29(41)42-20)19-4-2-17(3-5-19)26(37)13-31-8-9-32-24-11-25-21(10-23(24)30)27(38)22(28(39)40)15-34(25)18-6-7-18/h2-5,10-11,15,18,20,26-28,31-32,37-40H,6-9,12-14H2,1H3,(H,33,36)/t20-,26?,27?/m0/s1. The van der Waals surface area contributed by atoms with Crippen molar-refractivity contribution in [2.75, 3.05) is 47.8 Å². The molecule has 2 fully saturated rings. The molecule has 2 heterocycles. The van der Waals surface area contributed by atoms with Gasteiger partial charge in [-0.3, -0.25) is 9.69 Å². The van der Waals surface area contributed by atoms with E-state index in [1.54, 1.807) is 30.3 Å². The zero-order chi connectivity index (χ0) is 30.0. The van der Waals surface area contributed by atoms with Crippen LogP contribution in [-0.4, -0.2) is 83.6 Å². The lowest BCUT2D eigenvalue weighted by molar-refractivity contribution is -0.119. The Balaban J connectivity index is 1.10. The topological polar surface area (TPSA) is 167 Å². The van der Waals surface area contributed by atoms with E-state index in [-0.39, 0.29) is 41.9 Å². The molecule has 12 nitrogen and oxygen atoms in total. The number of nitrogens with one attached hydrogen (secondary N) is 3. The van der Waals surface area contributed by atoms with Gasteiger partial charge in [0.25, 0.3) is 0 Å². The minimum absolute atomic E-state index is 0.0118. The summed E-state index contributed by atoms with van der Waals surface area (Å²) in [7, 11) is 0. The highest BCUT2D eigenvalue weighted by atomic mass is 19.1. The monoisotopic (exact) mass is 585 g/mol. The summed E-state index contributed by atoms with van der Waals surface area (Å²) in [6, 6.07) is 9.91. The molecule has 1 aliphatic carbocycles. The quantitative estimate of drug-likeness (QED) is 0.142. The lowest BCUT2D eigenvalue weighted by Gasteiger charge is -2.33. The first-order valence-corrected chi connectivity index (χ1v) is 13.9. The fraction of sp³-hybridized carbons (Fsp3) is 0.448. The van der Waals surface area contributed by atoms with Gasteiger partial charge in [-0.15, -0.1) is 0 Å². The molecule has 2 aliphatic heterocycles. The highest BCUT2D eigenvalue weighted by Crippen LogP contribution is 2.44. The number of aliphatic hydroxyl groups excluding tert-OH is 3. The van der Waals surface area contributed by atoms with E-state index >= 15 is 0 Å². The molecule has 2 amide bonds. The third-order valence-electron chi connectivity index (χ3n) is 7.53. The molecule has 7 N–H and O–H groups in total. The lowest BCUT2D eigenvalue weighted by Crippen LogP contribution is -2.33. The molecule has 2 unspecified atom stereocenters. The van der Waals surface area contributed by atoms with Crippen molar-refractivity contribution in [1.82, 2.24) is 10.6 Å². The average Bonchev–Trinajstić information content (AvgIpc) is 3.73. The van der Waals surface area contributed by atoms with Crippen molar-refractivity contribution in [2.24, 2.45) is 0 Å². The molecule has 2 aromatic carbocycles. The zero-order valence-electron chi connectivity index (χ0n) is 23.2. The highest BCUT2D eigenvalue weighted by molar-refractivity contribution is 5.89. The van der Waals surface area contributed by atoms with Gasteiger partial charge in [0.15, 0.2) is 6.29 Å². The Kier molecular flexibility index (Phi) is 8.94. The molecule has 226 valence electrons. The maximum absolute atomic E-state index is 14.9. The number of carbonyl (C=O) groups excluding carboxylic acids is 2. The maximum Gasteiger partial charge on any atom is 0.414 e. The molecule has 13 heteroatoms. The lowest BCUT2D eigenvalue weighted by atomic mass is 9.95. The minimum atomic E-state index is -1.84. The number of nitrogens with zero attached hydrogens (tertiary/aromatic N) is 2. The number of rotatable bonds is 12. The molecule has 0 aromatic heterocycles. The Hall–Kier alpha value is -3.75. The summed E-state index contributed by atoms with van der Waals surface area (Å²) in [5, 5.41) is 49.3. The van der Waals surface area contributed by atoms with Gasteiger partial charge >= 0.3 is 6.09 Å². The molecule has 0 radical (unpaired) electrons. The van der Waals surface area contributed by atoms with Crippen LogP contribution in [0.5, 0.6) is 0 Å². The summed E-state index contributed by atoms with van der Waals surface area (Å²) < 4.78 is 20.2. The van der Waals surface area contributed by atoms with Gasteiger partial charge in [-0.2, -0.15) is 0 Å². The van der Waals surface area contributed by atoms with Crippen LogP contribution >= 0.6 is 0 Å². The first-order chi connectivity index (χ1) is 20.1. The molecule has 3 atom stereocenters. The Morgan fingerprint density at radius 2 is 1.88 bits per heavy atom. The number of hydrogen-bond acceptors (Lipinski definition) is 10. The van der Waals surface area contributed by atoms with Crippen LogP contribution in [0.3, 0.4) is 0 Å². The second-order valence-electron chi connectivity index (χ2n) is 10.7. The van der Waals surface area contributed by atoms with Crippen molar-refractivity contribution in [3.63, 3.8) is 0 Å². The Bertz CT molecular complexity index is 1330. The van der Waals surface area contributed by atoms with Crippen LogP contribution in [0.1, 0.15) is 43.1 Å². The van der Waals surface area contributed by atoms with Crippen LogP contribution in [0.4, 0.5) is 26.2 Å². The molecule has 0 spiro atoms. The summed E-state index contributed by atoms with van der Waals surface area (Å²) >= 11 is 0. The fourth-order valence-corrected chi connectivity index (χ4v) is 5.11. The number of benzene rings is 2. The van der Waals surface area contributed by atoms with Gasteiger partial charge in [-0.1, -0.05) is 12.1 Å². The van der Waals surface area contributed by atoms with E-state index in [9.17, 15) is 34.4 Å². The van der Waals surface area contributed by atoms with Crippen LogP contribution in [0.25, 0.3) is 0 Å². The normalized spacial score (nSPS) is 20.7. The Morgan fingerprint density at radius 3 is 2.55 bits per heavy atom. The van der Waals surface area contributed by atoms with E-state index in [0.717, 1.165) is 12.8 Å². The van der Waals surface area contributed by atoms with Gasteiger partial charge in [-0.05, 0) is 42.7 Å². The van der Waals surface area contributed by atoms with E-state index in [4.69, 9.17) is 4.74 Å². The van der Waals surface area contributed by atoms with E-state index in [2.05, 4.69) is 16.0 Å². The van der Waals surface area contributed by atoms with Gasteiger partial charge in [0.05, 0.1) is 24.9 Å². The van der Waals surface area contributed by atoms with E-state index in [1.165, 1.54) is 24.1 Å². The van der Waals surface area contributed by atoms with Crippen molar-refractivity contribution in [2.45, 2.75) is 50.4 Å². The minimum Gasteiger partial charge on any atom is -0.442 e. The zero-order valence-corrected chi connectivity index (χ0v) is 23.2. The van der Waals surface area contributed by atoms with E-state index < -0.39 is 36.5 Å². The Morgan fingerprint density at radius 1 is 1.14 bits per heavy atom. The van der Waals surface area contributed by atoms with Crippen LogP contribution < -0.4 is 25.8 Å². The van der Waals surface area contributed by atoms with Gasteiger partial charge < -0.3 is 46.0 Å². The van der Waals surface area contributed by atoms with Gasteiger partial charge in [0.1, 0.15) is 18.0 Å². The smallest absolute Gasteiger partial charge is 0.414 e. The Labute approximate surface area is 242 Å². The maximum atomic E-state index is 14.9. The first kappa shape index (κ1) is 29.7. The largest absolute Gasteiger partial charge is 0.442 e. The second kappa shape index (κ2) is 12.6. The average molecular weight is 586 g/mol. The summed E-state index contributed by atoms with van der Waals surface area (Å²) in [6.07, 6.45) is -1.52. The summed E-state index contributed by atoms with van der Waals surface area (Å²) in [5.41, 5.74) is 2.45. The summed E-state index contributed by atoms with van der Waals surface area (Å²) in [6.45, 7) is 2.98. The number of anilines is 3. The van der Waals surface area contributed by atoms with Crippen molar-refractivity contribution >= 4 is 29.1 Å². The predicted molar refractivity (Wildman–Crippen MR) is 152 cm³/mol. The molecule has 42 heavy (non-hydrogen) atoms. The number of hydrogen-bond donors (Lipinski definition) is 7. The van der Waals surface area contributed by atoms with Crippen molar-refractivity contribution in [1.29, 1.82) is 0 Å². The molecule has 0 bridgehead atoms. The molecule has 3 aliphatic rings. The van der Waals surface area contributed by atoms with Crippen molar-refractivity contribution in [3.05, 3.63) is 65.1 Å². The number of carbonyl (C=O) groups is 2. The molecule has 1 saturated heterocycles. The molecule has 1 saturated carbocycles. The SMILES string of the molecule is CC(=O)NC[C@H]1CN(c2ccc(C(O)CNCCNc3cc4c(cc3F)C(O)C(C(O)O)=CN4C3CC3)cc2)C(=O)O1. The van der Waals surface area contributed by atoms with Crippen LogP contribution in [-0.2, 0) is 9.53 Å². The molecular formula is C29H36FN5O7. The third kappa shape index (κ3) is 6.66. The van der Waals surface area contributed by atoms with Gasteiger partial charge in [-0.25, -0.2) is 9.18 Å². The number of cyclic esters (lactones) is 1. The first-order valence-electron chi connectivity index (χ1n) is 13.9. The summed E-state index contributed by atoms with van der Waals surface area (Å²) in [5.74, 6) is -0.766. The van der Waals surface area contributed by atoms with E-state index in [0.29, 0.717) is 36.6 Å². The fourth-order valence-electron chi connectivity index (χ4n) is 5.11. The highest BCUT2D eigenvalue weighted by Gasteiger charge is 2.37. The van der Waals surface area contributed by atoms with Gasteiger partial charge in [0, 0.05) is 61.3 Å². The van der Waals surface area contributed by atoms with Crippen LogP contribution in [0.2, 0.25) is 0 Å². The number of amides is 2. The molecule has 2 aromatic rings. The number of aliphatic hydroxyl groups is 4. The van der Waals surface area contributed by atoms with Crippen molar-refractivity contribution in [3.8, 4) is 0 Å².